The summed E-state index contributed by atoms with van der Waals surface area (Å²) in [6.07, 6.45) is 2.03. The Hall–Kier alpha value is -1.10. The van der Waals surface area contributed by atoms with Crippen molar-refractivity contribution in [3.8, 4) is 0 Å². The van der Waals surface area contributed by atoms with Crippen LogP contribution in [0.4, 0.5) is 0 Å². The Bertz CT molecular complexity index is 499. The Morgan fingerprint density at radius 2 is 2.10 bits per heavy atom. The Labute approximate surface area is 131 Å². The average molecular weight is 311 g/mol. The number of likely N-dealkylation sites (N-methyl/N-ethyl adjacent to an activating group) is 1. The molecule has 0 amide bonds. The van der Waals surface area contributed by atoms with Gasteiger partial charge in [-0.05, 0) is 57.1 Å². The second-order valence-corrected chi connectivity index (χ2v) is 6.31. The highest BCUT2D eigenvalue weighted by Gasteiger charge is 2.23. The fourth-order valence-electron chi connectivity index (χ4n) is 2.85. The molecule has 1 aliphatic heterocycles. The van der Waals surface area contributed by atoms with Crippen molar-refractivity contribution in [3.05, 3.63) is 34.3 Å². The summed E-state index contributed by atoms with van der Waals surface area (Å²) < 4.78 is 0. The Balaban J connectivity index is 1.83. The maximum absolute atomic E-state index is 10.8. The van der Waals surface area contributed by atoms with E-state index in [1.54, 1.807) is 0 Å². The third kappa shape index (κ3) is 4.70. The number of hydrogen-bond acceptors (Lipinski definition) is 3. The van der Waals surface area contributed by atoms with E-state index in [2.05, 4.69) is 17.0 Å². The van der Waals surface area contributed by atoms with Gasteiger partial charge in [-0.3, -0.25) is 14.6 Å². The Morgan fingerprint density at radius 3 is 2.67 bits per heavy atom. The Morgan fingerprint density at radius 1 is 1.43 bits per heavy atom. The van der Waals surface area contributed by atoms with Crippen LogP contribution < -0.4 is 0 Å². The molecule has 1 aliphatic rings. The number of benzene rings is 1. The van der Waals surface area contributed by atoms with Crippen molar-refractivity contribution >= 4 is 17.6 Å². The van der Waals surface area contributed by atoms with Crippen LogP contribution in [-0.4, -0.2) is 53.6 Å². The number of nitrogens with zero attached hydrogens (tertiary/aromatic N) is 2. The van der Waals surface area contributed by atoms with Gasteiger partial charge < -0.3 is 5.11 Å². The van der Waals surface area contributed by atoms with Crippen molar-refractivity contribution in [3.63, 3.8) is 0 Å². The van der Waals surface area contributed by atoms with Gasteiger partial charge in [-0.15, -0.1) is 0 Å². The summed E-state index contributed by atoms with van der Waals surface area (Å²) in [4.78, 5) is 15.1. The number of carboxylic acid groups (broad SMARTS) is 1. The van der Waals surface area contributed by atoms with E-state index in [1.807, 2.05) is 24.9 Å². The maximum atomic E-state index is 10.8. The lowest BCUT2D eigenvalue weighted by atomic mass is 10.0. The fourth-order valence-corrected chi connectivity index (χ4v) is 3.06. The van der Waals surface area contributed by atoms with Gasteiger partial charge in [0.2, 0.25) is 0 Å². The van der Waals surface area contributed by atoms with E-state index in [1.165, 1.54) is 5.56 Å². The van der Waals surface area contributed by atoms with Crippen LogP contribution in [0.1, 0.15) is 24.0 Å². The van der Waals surface area contributed by atoms with Crippen LogP contribution in [0.2, 0.25) is 5.02 Å². The molecule has 5 heteroatoms. The molecule has 0 atom stereocenters. The lowest BCUT2D eigenvalue weighted by Crippen LogP contribution is -2.44. The minimum atomic E-state index is -0.755. The highest BCUT2D eigenvalue weighted by atomic mass is 35.5. The highest BCUT2D eigenvalue weighted by molar-refractivity contribution is 6.31. The van der Waals surface area contributed by atoms with Crippen LogP contribution in [0, 0.1) is 6.92 Å². The number of carbonyl (C=O) groups is 1. The van der Waals surface area contributed by atoms with E-state index in [0.717, 1.165) is 43.1 Å². The van der Waals surface area contributed by atoms with Crippen LogP contribution in [0.5, 0.6) is 0 Å². The molecule has 2 rings (SSSR count). The van der Waals surface area contributed by atoms with Crippen LogP contribution in [0.3, 0.4) is 0 Å². The fraction of sp³-hybridized carbons (Fsp3) is 0.562. The van der Waals surface area contributed by atoms with Gasteiger partial charge in [0.05, 0.1) is 6.54 Å². The summed E-state index contributed by atoms with van der Waals surface area (Å²) in [7, 11) is 1.90. The third-order valence-electron chi connectivity index (χ3n) is 4.21. The normalized spacial score (nSPS) is 17.3. The summed E-state index contributed by atoms with van der Waals surface area (Å²) in [6.45, 7) is 5.05. The number of aryl methyl sites for hydroxylation is 1. The van der Waals surface area contributed by atoms with E-state index in [9.17, 15) is 4.79 Å². The molecule has 1 saturated heterocycles. The Kier molecular flexibility index (Phi) is 5.62. The zero-order chi connectivity index (χ0) is 15.4. The second-order valence-electron chi connectivity index (χ2n) is 5.90. The predicted molar refractivity (Wildman–Crippen MR) is 84.8 cm³/mol. The minimum Gasteiger partial charge on any atom is -0.480 e. The molecular formula is C16H23ClN2O2. The summed E-state index contributed by atoms with van der Waals surface area (Å²) in [5, 5.41) is 9.67. The number of rotatable bonds is 5. The molecule has 1 aromatic rings. The van der Waals surface area contributed by atoms with Gasteiger partial charge in [-0.1, -0.05) is 23.7 Å². The van der Waals surface area contributed by atoms with E-state index < -0.39 is 5.97 Å². The van der Waals surface area contributed by atoms with Crippen molar-refractivity contribution in [1.82, 2.24) is 9.80 Å². The third-order valence-corrected chi connectivity index (χ3v) is 4.61. The van der Waals surface area contributed by atoms with Crippen molar-refractivity contribution in [1.29, 1.82) is 0 Å². The first-order chi connectivity index (χ1) is 9.95. The molecule has 1 N–H and O–H groups in total. The summed E-state index contributed by atoms with van der Waals surface area (Å²) in [5.74, 6) is -0.755. The quantitative estimate of drug-likeness (QED) is 0.908. The van der Waals surface area contributed by atoms with Crippen molar-refractivity contribution in [2.24, 2.45) is 0 Å². The van der Waals surface area contributed by atoms with Crippen molar-refractivity contribution in [2.45, 2.75) is 32.4 Å². The van der Waals surface area contributed by atoms with E-state index in [0.29, 0.717) is 6.04 Å². The van der Waals surface area contributed by atoms with Gasteiger partial charge in [0.15, 0.2) is 0 Å². The maximum Gasteiger partial charge on any atom is 0.317 e. The van der Waals surface area contributed by atoms with Gasteiger partial charge in [-0.25, -0.2) is 0 Å². The number of likely N-dealkylation sites (tertiary alicyclic amines) is 1. The van der Waals surface area contributed by atoms with E-state index in [-0.39, 0.29) is 6.54 Å². The monoisotopic (exact) mass is 310 g/mol. The highest BCUT2D eigenvalue weighted by Crippen LogP contribution is 2.21. The molecule has 116 valence electrons. The summed E-state index contributed by atoms with van der Waals surface area (Å²) >= 11 is 6.16. The summed E-state index contributed by atoms with van der Waals surface area (Å²) in [6, 6.07) is 6.60. The van der Waals surface area contributed by atoms with E-state index >= 15 is 0 Å². The largest absolute Gasteiger partial charge is 0.480 e. The molecule has 21 heavy (non-hydrogen) atoms. The van der Waals surface area contributed by atoms with Crippen molar-refractivity contribution < 1.29 is 9.90 Å². The molecule has 1 aromatic carbocycles. The first kappa shape index (κ1) is 16.3. The number of hydrogen-bond donors (Lipinski definition) is 1. The molecule has 0 saturated carbocycles. The molecule has 0 unspecified atom stereocenters. The van der Waals surface area contributed by atoms with Crippen molar-refractivity contribution in [2.75, 3.05) is 26.7 Å². The van der Waals surface area contributed by atoms with Gasteiger partial charge in [0, 0.05) is 17.6 Å². The number of piperidine rings is 1. The summed E-state index contributed by atoms with van der Waals surface area (Å²) in [5.41, 5.74) is 2.34. The molecule has 0 bridgehead atoms. The molecule has 1 heterocycles. The van der Waals surface area contributed by atoms with Crippen LogP contribution in [-0.2, 0) is 11.3 Å². The second kappa shape index (κ2) is 7.25. The first-order valence-electron chi connectivity index (χ1n) is 7.35. The standard InChI is InChI=1S/C16H23ClN2O2/c1-12-3-4-13(9-15(12)17)10-19-7-5-14(6-8-19)18(2)11-16(20)21/h3-4,9,14H,5-8,10-11H2,1-2H3,(H,20,21). The number of carboxylic acids is 1. The van der Waals surface area contributed by atoms with Crippen LogP contribution >= 0.6 is 11.6 Å². The van der Waals surface area contributed by atoms with Gasteiger partial charge in [0.1, 0.15) is 0 Å². The molecule has 0 aromatic heterocycles. The molecule has 4 nitrogen and oxygen atoms in total. The zero-order valence-electron chi connectivity index (χ0n) is 12.7. The topological polar surface area (TPSA) is 43.8 Å². The van der Waals surface area contributed by atoms with Crippen LogP contribution in [0.25, 0.3) is 0 Å². The lowest BCUT2D eigenvalue weighted by molar-refractivity contribution is -0.138. The van der Waals surface area contributed by atoms with Gasteiger partial charge in [-0.2, -0.15) is 0 Å². The van der Waals surface area contributed by atoms with Gasteiger partial charge >= 0.3 is 5.97 Å². The first-order valence-corrected chi connectivity index (χ1v) is 7.73. The molecule has 1 fully saturated rings. The molecule has 0 aliphatic carbocycles. The van der Waals surface area contributed by atoms with Gasteiger partial charge in [0.25, 0.3) is 0 Å². The van der Waals surface area contributed by atoms with Crippen LogP contribution in [0.15, 0.2) is 18.2 Å². The predicted octanol–water partition coefficient (Wildman–Crippen LogP) is 2.63. The smallest absolute Gasteiger partial charge is 0.317 e. The lowest BCUT2D eigenvalue weighted by Gasteiger charge is -2.36. The minimum absolute atomic E-state index is 0.123. The molecular weight excluding hydrogens is 288 g/mol. The number of halogens is 1. The zero-order valence-corrected chi connectivity index (χ0v) is 13.4. The molecule has 0 spiro atoms. The van der Waals surface area contributed by atoms with E-state index in [4.69, 9.17) is 16.7 Å². The number of aliphatic carboxylic acids is 1. The molecule has 0 radical (unpaired) electrons. The SMILES string of the molecule is Cc1ccc(CN2CCC(N(C)CC(=O)O)CC2)cc1Cl. The average Bonchev–Trinajstić information content (AvgIpc) is 2.43.